The summed E-state index contributed by atoms with van der Waals surface area (Å²) in [6.07, 6.45) is 15.9. The molecule has 3 saturated heterocycles. The lowest BCUT2D eigenvalue weighted by atomic mass is 9.80. The molecule has 27 heteroatoms. The summed E-state index contributed by atoms with van der Waals surface area (Å²) in [6, 6.07) is 34.9. The van der Waals surface area contributed by atoms with Gasteiger partial charge in [0.15, 0.2) is 5.78 Å². The van der Waals surface area contributed by atoms with Crippen LogP contribution in [0.1, 0.15) is 158 Å². The van der Waals surface area contributed by atoms with Gasteiger partial charge in [-0.05, 0) is 156 Å². The number of fused-ring (bicyclic) bond motifs is 3. The van der Waals surface area contributed by atoms with E-state index in [0.29, 0.717) is 56.0 Å². The molecule has 3 aliphatic heterocycles. The molecule has 9 aromatic rings. The Morgan fingerprint density at radius 3 is 1.32 bits per heavy atom. The van der Waals surface area contributed by atoms with Crippen molar-refractivity contribution in [1.82, 2.24) is 39.7 Å². The molecule has 6 fully saturated rings. The Morgan fingerprint density at radius 2 is 0.931 bits per heavy atom. The Labute approximate surface area is 600 Å². The lowest BCUT2D eigenvalue weighted by molar-refractivity contribution is -0.132. The molecule has 6 aromatic heterocycles. The van der Waals surface area contributed by atoms with E-state index in [1.54, 1.807) is 30.3 Å². The van der Waals surface area contributed by atoms with E-state index in [9.17, 15) is 46.6 Å². The molecule has 0 radical (unpaired) electrons. The van der Waals surface area contributed by atoms with Crippen molar-refractivity contribution >= 4 is 103 Å². The highest BCUT2D eigenvalue weighted by Crippen LogP contribution is 2.42. The number of halogens is 6. The maximum Gasteiger partial charge on any atom is 0.496 e. The zero-order chi connectivity index (χ0) is 72.1. The first-order chi connectivity index (χ1) is 48.1. The maximum atomic E-state index is 13.6. The molecule has 0 spiro atoms. The smallest absolute Gasteiger partial charge is 0.478 e. The lowest BCUT2D eigenvalue weighted by Gasteiger charge is -2.32. The van der Waals surface area contributed by atoms with Gasteiger partial charge in [-0.1, -0.05) is 46.3 Å². The van der Waals surface area contributed by atoms with E-state index in [2.05, 4.69) is 97.8 Å². The Hall–Kier alpha value is -9.70. The van der Waals surface area contributed by atoms with Crippen LogP contribution in [0.4, 0.5) is 17.6 Å². The number of nitriles is 2. The third kappa shape index (κ3) is 18.0. The Kier molecular flexibility index (Phi) is 23.0. The largest absolute Gasteiger partial charge is 0.496 e. The van der Waals surface area contributed by atoms with Gasteiger partial charge < -0.3 is 35.1 Å². The first-order valence-electron chi connectivity index (χ1n) is 33.0. The summed E-state index contributed by atoms with van der Waals surface area (Å²) >= 11 is 3.29. The van der Waals surface area contributed by atoms with E-state index in [0.717, 1.165) is 53.4 Å². The van der Waals surface area contributed by atoms with Crippen LogP contribution in [0.2, 0.25) is 0 Å². The third-order valence-electron chi connectivity index (χ3n) is 18.7. The van der Waals surface area contributed by atoms with Gasteiger partial charge in [-0.3, -0.25) is 44.3 Å². The standard InChI is InChI=1S/C26H22F2N4O2.C18H14N2O2.C14H20BNO2.C10H6BrNO2.C7H9F2N3O.ClH/c27-26(28)12-19(13-29)32(15-26)25(34)8-7-24(33)20-9-10-30-23-6-3-17(11-21(20)23)18-4-5-22(31-14-18)16-1-2-16;21-18(22)14-7-8-19-17-6-3-12(9-15(14)17)13-4-5-16(20-10-13)11-1-2-11;1-13(2)14(3,4)18-15(17-13)11-7-8-12(16-9-11)10-5-6-10;11-6-1-2-9-8(5-6)7(10(13)14)3-4-12-9;8-7(9)1-5(2-10)12(4-7)6(13)3-11;/h3-6,9-11,14,16,19H,1-2,7-8,12,15H2;3-11H,1-2H2,(H,21,22);7-10H,5-6H2,1-4H3;1-5H,(H,13,14);5H,1,3-4,11H2;1H/t19-;;;;5-;/m0...0./s1. The summed E-state index contributed by atoms with van der Waals surface area (Å²) < 4.78 is 65.6. The van der Waals surface area contributed by atoms with Crippen LogP contribution in [-0.2, 0) is 18.9 Å². The molecule has 102 heavy (non-hydrogen) atoms. The molecular formula is C75H72BBrClF4N11O9. The molecule has 526 valence electrons. The van der Waals surface area contributed by atoms with E-state index < -0.39 is 73.6 Å². The molecule has 3 aromatic carbocycles. The second-order valence-corrected chi connectivity index (χ2v) is 27.7. The average Bonchev–Trinajstić information content (AvgIpc) is 1.50. The molecular weight excluding hydrogens is 1400 g/mol. The van der Waals surface area contributed by atoms with Crippen molar-refractivity contribution in [2.45, 2.75) is 145 Å². The molecule has 3 aliphatic carbocycles. The van der Waals surface area contributed by atoms with Gasteiger partial charge in [0.05, 0.1) is 70.7 Å². The summed E-state index contributed by atoms with van der Waals surface area (Å²) in [5, 5.41) is 37.8. The van der Waals surface area contributed by atoms with Crippen LogP contribution in [0.5, 0.6) is 0 Å². The summed E-state index contributed by atoms with van der Waals surface area (Å²) in [5.74, 6) is -7.51. The molecule has 2 amide bonds. The van der Waals surface area contributed by atoms with Crippen LogP contribution in [-0.4, -0.2) is 141 Å². The van der Waals surface area contributed by atoms with Crippen molar-refractivity contribution in [3.8, 4) is 34.4 Å². The predicted octanol–water partition coefficient (Wildman–Crippen LogP) is 13.8. The topological polar surface area (TPSA) is 302 Å². The highest BCUT2D eigenvalue weighted by molar-refractivity contribution is 9.10. The Bertz CT molecular complexity index is 4700. The van der Waals surface area contributed by atoms with Crippen LogP contribution >= 0.6 is 28.3 Å². The molecule has 2 atom stereocenters. The van der Waals surface area contributed by atoms with Crippen molar-refractivity contribution in [3.05, 3.63) is 185 Å². The molecule has 0 unspecified atom stereocenters. The van der Waals surface area contributed by atoms with Crippen molar-refractivity contribution in [1.29, 1.82) is 10.5 Å². The van der Waals surface area contributed by atoms with E-state index in [-0.39, 0.29) is 67.0 Å². The second kappa shape index (κ2) is 31.3. The van der Waals surface area contributed by atoms with Crippen LogP contribution < -0.4 is 11.2 Å². The number of likely N-dealkylation sites (tertiary alicyclic amines) is 2. The van der Waals surface area contributed by atoms with Crippen LogP contribution in [0.25, 0.3) is 55.0 Å². The average molecular weight is 1470 g/mol. The van der Waals surface area contributed by atoms with Gasteiger partial charge >= 0.3 is 19.1 Å². The van der Waals surface area contributed by atoms with Gasteiger partial charge in [-0.2, -0.15) is 10.5 Å². The summed E-state index contributed by atoms with van der Waals surface area (Å²) in [6.45, 7) is 6.46. The fourth-order valence-electron chi connectivity index (χ4n) is 11.9. The molecule has 9 heterocycles. The molecule has 3 saturated carbocycles. The predicted molar refractivity (Wildman–Crippen MR) is 380 cm³/mol. The van der Waals surface area contributed by atoms with Crippen LogP contribution in [0.15, 0.2) is 151 Å². The molecule has 6 aliphatic rings. The highest BCUT2D eigenvalue weighted by atomic mass is 79.9. The number of Topliss-reactive ketones (excluding diaryl/α,β-unsaturated/α-hetero) is 1. The number of hydrogen-bond acceptors (Lipinski definition) is 16. The van der Waals surface area contributed by atoms with E-state index in [1.165, 1.54) is 74.9 Å². The van der Waals surface area contributed by atoms with Gasteiger partial charge in [-0.15, -0.1) is 12.4 Å². The van der Waals surface area contributed by atoms with Crippen molar-refractivity contribution in [2.24, 2.45) is 5.73 Å². The Morgan fingerprint density at radius 1 is 0.539 bits per heavy atom. The fourth-order valence-corrected chi connectivity index (χ4v) is 12.3. The minimum atomic E-state index is -3.08. The van der Waals surface area contributed by atoms with Crippen LogP contribution in [0, 0.1) is 22.7 Å². The van der Waals surface area contributed by atoms with E-state index in [1.807, 2.05) is 73.2 Å². The molecule has 4 N–H and O–H groups in total. The van der Waals surface area contributed by atoms with E-state index in [4.69, 9.17) is 30.7 Å². The zero-order valence-electron chi connectivity index (χ0n) is 56.1. The highest BCUT2D eigenvalue weighted by Gasteiger charge is 2.52. The van der Waals surface area contributed by atoms with Crippen molar-refractivity contribution < 1.29 is 61.1 Å². The number of benzene rings is 3. The fraction of sp³-hybridized carbons (Fsp3) is 0.347. The van der Waals surface area contributed by atoms with Gasteiger partial charge in [0.2, 0.25) is 11.8 Å². The van der Waals surface area contributed by atoms with Gasteiger partial charge in [-0.25, -0.2) is 27.2 Å². The summed E-state index contributed by atoms with van der Waals surface area (Å²) in [7, 11) is -0.296. The number of carbonyl (C=O) groups is 5. The first kappa shape index (κ1) is 75.0. The van der Waals surface area contributed by atoms with Gasteiger partial charge in [0.1, 0.15) is 12.1 Å². The lowest BCUT2D eigenvalue weighted by Crippen LogP contribution is -2.41. The van der Waals surface area contributed by atoms with Crippen LogP contribution in [0.3, 0.4) is 0 Å². The molecule has 0 bridgehead atoms. The number of ketones is 1. The maximum absolute atomic E-state index is 13.6. The number of aromatic carboxylic acids is 2. The minimum Gasteiger partial charge on any atom is -0.478 e. The number of nitrogens with two attached hydrogens (primary N) is 1. The number of rotatable bonds is 13. The summed E-state index contributed by atoms with van der Waals surface area (Å²) in [5.41, 5.74) is 15.7. The normalized spacial score (nSPS) is 18.6. The number of hydrogen-bond donors (Lipinski definition) is 3. The SMILES string of the molecule is CC1(C)OB(c2ccc(C3CC3)nc2)OC1(C)C.Cl.N#C[C@@H]1CC(F)(F)CN1C(=O)CCC(=O)c1ccnc2ccc(-c3ccc(C4CC4)nc3)cc12.N#C[C@@H]1CC(F)(F)CN1C(=O)CN.O=C(O)c1ccnc2ccc(-c3ccc(C4CC4)nc3)cc12.O=C(O)c1ccnc2ccc(Br)cc12. The number of aromatic nitrogens is 6. The molecule has 20 nitrogen and oxygen atoms in total. The van der Waals surface area contributed by atoms with Gasteiger partial charge in [0.25, 0.3) is 11.8 Å². The van der Waals surface area contributed by atoms with Crippen molar-refractivity contribution in [2.75, 3.05) is 19.6 Å². The molecule has 15 rings (SSSR count). The number of carboxylic acids is 2. The number of nitrogens with zero attached hydrogens (tertiary/aromatic N) is 10. The number of amides is 2. The minimum absolute atomic E-state index is 0. The first-order valence-corrected chi connectivity index (χ1v) is 33.8. The number of carboxylic acid groups (broad SMARTS) is 2. The second-order valence-electron chi connectivity index (χ2n) is 26.8. The number of pyridine rings is 6. The summed E-state index contributed by atoms with van der Waals surface area (Å²) in [4.78, 5) is 86.7. The zero-order valence-corrected chi connectivity index (χ0v) is 58.5. The Balaban J connectivity index is 0.000000144. The van der Waals surface area contributed by atoms with E-state index >= 15 is 0 Å². The number of alkyl halides is 4. The van der Waals surface area contributed by atoms with Crippen molar-refractivity contribution in [3.63, 3.8) is 0 Å². The quantitative estimate of drug-likeness (QED) is 0.0549. The number of carbonyl (C=O) groups excluding carboxylic acids is 3. The van der Waals surface area contributed by atoms with Gasteiger partial charge in [0, 0.05) is 140 Å². The monoisotopic (exact) mass is 1470 g/mol. The third-order valence-corrected chi connectivity index (χ3v) is 19.2.